The van der Waals surface area contributed by atoms with Gasteiger partial charge in [-0.25, -0.2) is 4.98 Å². The van der Waals surface area contributed by atoms with Crippen LogP contribution in [0.4, 0.5) is 0 Å². The van der Waals surface area contributed by atoms with Gasteiger partial charge in [0.2, 0.25) is 0 Å². The standard InChI is InChI=1S/C15H14N2O2/c1-3-17-14-12(9-19-13(14)8-18)16-15(17)11-7-5-4-6-10(11)2/h4-9H,3H2,1-2H3. The van der Waals surface area contributed by atoms with E-state index in [1.54, 1.807) is 0 Å². The Kier molecular flexibility index (Phi) is 2.71. The van der Waals surface area contributed by atoms with E-state index in [0.29, 0.717) is 5.76 Å². The van der Waals surface area contributed by atoms with Crippen LogP contribution in [0.2, 0.25) is 0 Å². The van der Waals surface area contributed by atoms with E-state index in [-0.39, 0.29) is 0 Å². The Morgan fingerprint density at radius 3 is 2.84 bits per heavy atom. The summed E-state index contributed by atoms with van der Waals surface area (Å²) in [5.41, 5.74) is 3.74. The van der Waals surface area contributed by atoms with Gasteiger partial charge in [-0.15, -0.1) is 0 Å². The molecule has 2 aromatic heterocycles. The summed E-state index contributed by atoms with van der Waals surface area (Å²) in [6.07, 6.45) is 2.27. The van der Waals surface area contributed by atoms with Gasteiger partial charge in [0.15, 0.2) is 12.0 Å². The lowest BCUT2D eigenvalue weighted by Gasteiger charge is -2.08. The van der Waals surface area contributed by atoms with E-state index in [1.807, 2.05) is 29.7 Å². The van der Waals surface area contributed by atoms with Gasteiger partial charge in [0, 0.05) is 12.1 Å². The first-order chi connectivity index (χ1) is 9.26. The zero-order valence-corrected chi connectivity index (χ0v) is 10.9. The van der Waals surface area contributed by atoms with Crippen LogP contribution < -0.4 is 0 Å². The highest BCUT2D eigenvalue weighted by molar-refractivity contribution is 5.93. The largest absolute Gasteiger partial charge is 0.457 e. The molecule has 0 unspecified atom stereocenters. The molecule has 4 heteroatoms. The van der Waals surface area contributed by atoms with Crippen molar-refractivity contribution < 1.29 is 9.21 Å². The number of nitrogens with zero attached hydrogens (tertiary/aromatic N) is 2. The van der Waals surface area contributed by atoms with Crippen molar-refractivity contribution in [2.45, 2.75) is 20.4 Å². The van der Waals surface area contributed by atoms with Crippen LogP contribution in [0.15, 0.2) is 34.9 Å². The lowest BCUT2D eigenvalue weighted by atomic mass is 10.1. The Hall–Kier alpha value is -2.36. The second kappa shape index (κ2) is 4.39. The third kappa shape index (κ3) is 1.68. The van der Waals surface area contributed by atoms with Crippen molar-refractivity contribution in [2.24, 2.45) is 0 Å². The van der Waals surface area contributed by atoms with E-state index in [9.17, 15) is 4.79 Å². The van der Waals surface area contributed by atoms with Gasteiger partial charge in [-0.05, 0) is 19.4 Å². The zero-order valence-electron chi connectivity index (χ0n) is 10.9. The molecule has 0 bridgehead atoms. The van der Waals surface area contributed by atoms with E-state index in [4.69, 9.17) is 4.42 Å². The quantitative estimate of drug-likeness (QED) is 0.673. The van der Waals surface area contributed by atoms with Crippen molar-refractivity contribution >= 4 is 17.3 Å². The maximum atomic E-state index is 11.0. The maximum absolute atomic E-state index is 11.0. The molecule has 0 atom stereocenters. The number of hydrogen-bond acceptors (Lipinski definition) is 3. The van der Waals surface area contributed by atoms with Crippen LogP contribution in [-0.4, -0.2) is 15.8 Å². The highest BCUT2D eigenvalue weighted by Crippen LogP contribution is 2.29. The molecule has 0 aliphatic carbocycles. The van der Waals surface area contributed by atoms with Crippen LogP contribution in [0.3, 0.4) is 0 Å². The Labute approximate surface area is 110 Å². The average Bonchev–Trinajstić information content (AvgIpc) is 2.97. The number of furan rings is 1. The molecule has 0 saturated heterocycles. The molecule has 96 valence electrons. The number of imidazole rings is 1. The molecule has 0 fully saturated rings. The predicted molar refractivity (Wildman–Crippen MR) is 73.2 cm³/mol. The summed E-state index contributed by atoms with van der Waals surface area (Å²) in [6, 6.07) is 8.09. The lowest BCUT2D eigenvalue weighted by Crippen LogP contribution is -1.99. The Balaban J connectivity index is 2.33. The molecule has 4 nitrogen and oxygen atoms in total. The number of hydrogen-bond donors (Lipinski definition) is 0. The number of aldehydes is 1. The molecule has 3 rings (SSSR count). The minimum Gasteiger partial charge on any atom is -0.457 e. The van der Waals surface area contributed by atoms with Crippen molar-refractivity contribution in [1.82, 2.24) is 9.55 Å². The van der Waals surface area contributed by atoms with Gasteiger partial charge >= 0.3 is 0 Å². The van der Waals surface area contributed by atoms with Crippen molar-refractivity contribution in [3.05, 3.63) is 41.9 Å². The highest BCUT2D eigenvalue weighted by Gasteiger charge is 2.18. The number of benzene rings is 1. The molecule has 0 amide bonds. The number of rotatable bonds is 3. The van der Waals surface area contributed by atoms with E-state index >= 15 is 0 Å². The van der Waals surface area contributed by atoms with Gasteiger partial charge in [-0.1, -0.05) is 24.3 Å². The van der Waals surface area contributed by atoms with Gasteiger partial charge in [-0.2, -0.15) is 0 Å². The average molecular weight is 254 g/mol. The summed E-state index contributed by atoms with van der Waals surface area (Å²) in [6.45, 7) is 4.82. The molecular weight excluding hydrogens is 240 g/mol. The van der Waals surface area contributed by atoms with E-state index in [1.165, 1.54) is 6.26 Å². The summed E-state index contributed by atoms with van der Waals surface area (Å²) in [4.78, 5) is 15.6. The van der Waals surface area contributed by atoms with Gasteiger partial charge in [0.25, 0.3) is 0 Å². The number of aromatic nitrogens is 2. The van der Waals surface area contributed by atoms with Gasteiger partial charge < -0.3 is 8.98 Å². The molecule has 2 heterocycles. The minimum atomic E-state index is 0.337. The summed E-state index contributed by atoms with van der Waals surface area (Å²) in [5.74, 6) is 1.22. The number of carbonyl (C=O) groups excluding carboxylic acids is 1. The molecule has 0 radical (unpaired) electrons. The molecule has 0 aliphatic rings. The molecule has 1 aromatic carbocycles. The normalized spacial score (nSPS) is 11.1. The Morgan fingerprint density at radius 2 is 2.16 bits per heavy atom. The van der Waals surface area contributed by atoms with Gasteiger partial charge in [-0.3, -0.25) is 4.79 Å². The van der Waals surface area contributed by atoms with Crippen LogP contribution in [0.1, 0.15) is 23.0 Å². The van der Waals surface area contributed by atoms with E-state index in [0.717, 1.165) is 40.8 Å². The molecule has 3 aromatic rings. The maximum Gasteiger partial charge on any atom is 0.192 e. The van der Waals surface area contributed by atoms with Crippen molar-refractivity contribution in [3.63, 3.8) is 0 Å². The van der Waals surface area contributed by atoms with Crippen LogP contribution >= 0.6 is 0 Å². The first-order valence-corrected chi connectivity index (χ1v) is 6.25. The summed E-state index contributed by atoms with van der Waals surface area (Å²) in [5, 5.41) is 0. The van der Waals surface area contributed by atoms with Gasteiger partial charge in [0.1, 0.15) is 23.1 Å². The lowest BCUT2D eigenvalue weighted by molar-refractivity contribution is 0.110. The fraction of sp³-hybridized carbons (Fsp3) is 0.200. The van der Waals surface area contributed by atoms with Crippen molar-refractivity contribution in [1.29, 1.82) is 0 Å². The van der Waals surface area contributed by atoms with E-state index < -0.39 is 0 Å². The second-order valence-corrected chi connectivity index (χ2v) is 4.45. The SMILES string of the molecule is CCn1c(-c2ccccc2C)nc2coc(C=O)c21. The Bertz CT molecular complexity index is 753. The molecular formula is C15H14N2O2. The fourth-order valence-electron chi connectivity index (χ4n) is 2.41. The zero-order chi connectivity index (χ0) is 13.4. The summed E-state index contributed by atoms with van der Waals surface area (Å²) in [7, 11) is 0. The Morgan fingerprint density at radius 1 is 1.37 bits per heavy atom. The second-order valence-electron chi connectivity index (χ2n) is 4.45. The summed E-state index contributed by atoms with van der Waals surface area (Å²) < 4.78 is 7.24. The first-order valence-electron chi connectivity index (χ1n) is 6.25. The smallest absolute Gasteiger partial charge is 0.192 e. The van der Waals surface area contributed by atoms with Crippen LogP contribution in [0.5, 0.6) is 0 Å². The number of fused-ring (bicyclic) bond motifs is 1. The van der Waals surface area contributed by atoms with E-state index in [2.05, 4.69) is 18.0 Å². The van der Waals surface area contributed by atoms with Crippen molar-refractivity contribution in [2.75, 3.05) is 0 Å². The fourth-order valence-corrected chi connectivity index (χ4v) is 2.41. The third-order valence-electron chi connectivity index (χ3n) is 3.33. The van der Waals surface area contributed by atoms with Gasteiger partial charge in [0.05, 0.1) is 0 Å². The van der Waals surface area contributed by atoms with Crippen LogP contribution in [0.25, 0.3) is 22.4 Å². The summed E-state index contributed by atoms with van der Waals surface area (Å²) >= 11 is 0. The number of aryl methyl sites for hydroxylation is 2. The monoisotopic (exact) mass is 254 g/mol. The topological polar surface area (TPSA) is 48.0 Å². The molecule has 0 spiro atoms. The number of carbonyl (C=O) groups is 1. The predicted octanol–water partition coefficient (Wildman–Crippen LogP) is 3.44. The molecule has 0 N–H and O–H groups in total. The molecule has 0 aliphatic heterocycles. The third-order valence-corrected chi connectivity index (χ3v) is 3.33. The minimum absolute atomic E-state index is 0.337. The molecule has 0 saturated carbocycles. The van der Waals surface area contributed by atoms with Crippen LogP contribution in [0, 0.1) is 6.92 Å². The highest BCUT2D eigenvalue weighted by atomic mass is 16.3. The first kappa shape index (κ1) is 11.7. The molecule has 19 heavy (non-hydrogen) atoms. The van der Waals surface area contributed by atoms with Crippen molar-refractivity contribution in [3.8, 4) is 11.4 Å². The van der Waals surface area contributed by atoms with Crippen LogP contribution in [-0.2, 0) is 6.54 Å².